The summed E-state index contributed by atoms with van der Waals surface area (Å²) in [5.74, 6) is -0.150. The predicted octanol–water partition coefficient (Wildman–Crippen LogP) is 3.13. The topological polar surface area (TPSA) is 58.6 Å². The maximum Gasteiger partial charge on any atom is 0.277 e. The number of imide groups is 1. The van der Waals surface area contributed by atoms with Gasteiger partial charge in [-0.2, -0.15) is 0 Å². The van der Waals surface area contributed by atoms with E-state index in [1.165, 1.54) is 7.05 Å². The van der Waals surface area contributed by atoms with Crippen LogP contribution in [0.5, 0.6) is 5.75 Å². The Balaban J connectivity index is 2.17. The number of anilines is 1. The highest BCUT2D eigenvalue weighted by Crippen LogP contribution is 2.35. The maximum atomic E-state index is 12.7. The first-order valence-corrected chi connectivity index (χ1v) is 7.98. The minimum atomic E-state index is -0.355. The van der Waals surface area contributed by atoms with E-state index in [1.54, 1.807) is 19.2 Å². The Morgan fingerprint density at radius 3 is 2.44 bits per heavy atom. The third-order valence-corrected chi connectivity index (χ3v) is 4.32. The maximum absolute atomic E-state index is 12.7. The van der Waals surface area contributed by atoms with Gasteiger partial charge in [0.2, 0.25) is 0 Å². The quantitative estimate of drug-likeness (QED) is 0.872. The van der Waals surface area contributed by atoms with E-state index in [1.807, 2.05) is 44.2 Å². The average Bonchev–Trinajstić information content (AvgIpc) is 2.82. The highest BCUT2D eigenvalue weighted by atomic mass is 16.5. The second-order valence-corrected chi connectivity index (χ2v) is 6.06. The van der Waals surface area contributed by atoms with Gasteiger partial charge in [-0.05, 0) is 37.1 Å². The fourth-order valence-electron chi connectivity index (χ4n) is 2.86. The number of nitrogens with one attached hydrogen (secondary N) is 1. The summed E-state index contributed by atoms with van der Waals surface area (Å²) in [4.78, 5) is 26.5. The number of likely N-dealkylation sites (N-methyl/N-ethyl adjacent to an activating group) is 1. The Bertz CT molecular complexity index is 900. The highest BCUT2D eigenvalue weighted by Gasteiger charge is 2.38. The van der Waals surface area contributed by atoms with Gasteiger partial charge < -0.3 is 10.1 Å². The number of hydrogen-bond donors (Lipinski definition) is 1. The molecule has 2 aromatic rings. The van der Waals surface area contributed by atoms with Crippen LogP contribution in [-0.4, -0.2) is 30.9 Å². The van der Waals surface area contributed by atoms with E-state index in [4.69, 9.17) is 4.74 Å². The van der Waals surface area contributed by atoms with Crippen LogP contribution >= 0.6 is 0 Å². The van der Waals surface area contributed by atoms with Crippen LogP contribution in [0.25, 0.3) is 5.57 Å². The first kappa shape index (κ1) is 16.8. The van der Waals surface area contributed by atoms with Crippen LogP contribution in [0.4, 0.5) is 5.69 Å². The molecular formula is C20H20N2O3. The number of benzene rings is 2. The van der Waals surface area contributed by atoms with Crippen LogP contribution in [0, 0.1) is 13.8 Å². The molecule has 1 heterocycles. The second-order valence-electron chi connectivity index (χ2n) is 6.06. The molecule has 0 bridgehead atoms. The fourth-order valence-corrected chi connectivity index (χ4v) is 2.86. The van der Waals surface area contributed by atoms with Crippen molar-refractivity contribution in [1.82, 2.24) is 4.90 Å². The van der Waals surface area contributed by atoms with Crippen molar-refractivity contribution >= 4 is 23.1 Å². The Labute approximate surface area is 146 Å². The first-order chi connectivity index (χ1) is 11.9. The van der Waals surface area contributed by atoms with Crippen LogP contribution in [-0.2, 0) is 9.59 Å². The number of ether oxygens (including phenoxy) is 1. The molecule has 1 aliphatic heterocycles. The Morgan fingerprint density at radius 1 is 1.00 bits per heavy atom. The molecule has 0 atom stereocenters. The molecule has 0 spiro atoms. The van der Waals surface area contributed by atoms with Crippen molar-refractivity contribution in [3.05, 3.63) is 64.9 Å². The van der Waals surface area contributed by atoms with Crippen molar-refractivity contribution in [3.63, 3.8) is 0 Å². The molecule has 1 N–H and O–H groups in total. The molecule has 0 aromatic heterocycles. The molecule has 2 amide bonds. The van der Waals surface area contributed by atoms with Crippen LogP contribution in [0.15, 0.2) is 48.2 Å². The smallest absolute Gasteiger partial charge is 0.277 e. The van der Waals surface area contributed by atoms with Crippen LogP contribution < -0.4 is 10.1 Å². The molecule has 25 heavy (non-hydrogen) atoms. The van der Waals surface area contributed by atoms with Gasteiger partial charge in [-0.1, -0.05) is 30.3 Å². The van der Waals surface area contributed by atoms with Crippen LogP contribution in [0.2, 0.25) is 0 Å². The van der Waals surface area contributed by atoms with Gasteiger partial charge in [0.25, 0.3) is 11.8 Å². The van der Waals surface area contributed by atoms with Crippen molar-refractivity contribution in [2.75, 3.05) is 19.5 Å². The van der Waals surface area contributed by atoms with E-state index in [0.29, 0.717) is 16.9 Å². The first-order valence-electron chi connectivity index (χ1n) is 7.98. The lowest BCUT2D eigenvalue weighted by Crippen LogP contribution is -2.28. The molecule has 0 aliphatic carbocycles. The lowest BCUT2D eigenvalue weighted by Gasteiger charge is -2.13. The summed E-state index contributed by atoms with van der Waals surface area (Å²) in [6.45, 7) is 3.93. The summed E-state index contributed by atoms with van der Waals surface area (Å²) in [7, 11) is 3.03. The van der Waals surface area contributed by atoms with Gasteiger partial charge in [0.15, 0.2) is 0 Å². The van der Waals surface area contributed by atoms with Crippen LogP contribution in [0.3, 0.4) is 0 Å². The molecule has 5 nitrogen and oxygen atoms in total. The second kappa shape index (κ2) is 6.43. The van der Waals surface area contributed by atoms with Crippen molar-refractivity contribution < 1.29 is 14.3 Å². The molecule has 2 aromatic carbocycles. The SMILES string of the molecule is COc1ccccc1C1=C(Nc2cc(C)ccc2C)C(=O)N(C)C1=O. The third-order valence-electron chi connectivity index (χ3n) is 4.32. The molecule has 128 valence electrons. The molecule has 0 saturated heterocycles. The molecule has 0 saturated carbocycles. The third kappa shape index (κ3) is 2.89. The summed E-state index contributed by atoms with van der Waals surface area (Å²) in [5.41, 5.74) is 4.06. The van der Waals surface area contributed by atoms with E-state index >= 15 is 0 Å². The number of para-hydroxylation sites is 1. The van der Waals surface area contributed by atoms with Gasteiger partial charge in [0, 0.05) is 18.3 Å². The van der Waals surface area contributed by atoms with Gasteiger partial charge >= 0.3 is 0 Å². The van der Waals surface area contributed by atoms with Gasteiger partial charge in [0.05, 0.1) is 12.7 Å². The zero-order valence-electron chi connectivity index (χ0n) is 14.7. The number of carbonyl (C=O) groups is 2. The van der Waals surface area contributed by atoms with E-state index in [0.717, 1.165) is 21.7 Å². The Kier molecular flexibility index (Phi) is 4.31. The number of nitrogens with zero attached hydrogens (tertiary/aromatic N) is 1. The molecule has 0 unspecified atom stereocenters. The molecule has 5 heteroatoms. The molecule has 0 radical (unpaired) electrons. The lowest BCUT2D eigenvalue weighted by molar-refractivity contribution is -0.135. The van der Waals surface area contributed by atoms with Crippen molar-refractivity contribution in [3.8, 4) is 5.75 Å². The zero-order valence-corrected chi connectivity index (χ0v) is 14.7. The van der Waals surface area contributed by atoms with E-state index < -0.39 is 0 Å². The van der Waals surface area contributed by atoms with Gasteiger partial charge in [0.1, 0.15) is 11.4 Å². The summed E-state index contributed by atoms with van der Waals surface area (Å²) in [6, 6.07) is 13.1. The van der Waals surface area contributed by atoms with E-state index in [2.05, 4.69) is 5.32 Å². The number of hydrogen-bond acceptors (Lipinski definition) is 4. The molecule has 1 aliphatic rings. The van der Waals surface area contributed by atoms with Crippen molar-refractivity contribution in [1.29, 1.82) is 0 Å². The average molecular weight is 336 g/mol. The highest BCUT2D eigenvalue weighted by molar-refractivity contribution is 6.36. The fraction of sp³-hybridized carbons (Fsp3) is 0.200. The number of rotatable bonds is 4. The normalized spacial score (nSPS) is 14.3. The number of amides is 2. The summed E-state index contributed by atoms with van der Waals surface area (Å²) >= 11 is 0. The summed E-state index contributed by atoms with van der Waals surface area (Å²) < 4.78 is 5.37. The Hall–Kier alpha value is -3.08. The number of carbonyl (C=O) groups excluding carboxylic acids is 2. The molecule has 0 fully saturated rings. The summed E-state index contributed by atoms with van der Waals surface area (Å²) in [6.07, 6.45) is 0. The summed E-state index contributed by atoms with van der Waals surface area (Å²) in [5, 5.41) is 3.17. The molecular weight excluding hydrogens is 316 g/mol. The Morgan fingerprint density at radius 2 is 1.72 bits per heavy atom. The van der Waals surface area contributed by atoms with Gasteiger partial charge in [-0.25, -0.2) is 0 Å². The van der Waals surface area contributed by atoms with E-state index in [-0.39, 0.29) is 17.5 Å². The predicted molar refractivity (Wildman–Crippen MR) is 97.2 cm³/mol. The van der Waals surface area contributed by atoms with Gasteiger partial charge in [-0.3, -0.25) is 14.5 Å². The van der Waals surface area contributed by atoms with Gasteiger partial charge in [-0.15, -0.1) is 0 Å². The zero-order chi connectivity index (χ0) is 18.1. The standard InChI is InChI=1S/C20H20N2O3/c1-12-9-10-13(2)15(11-12)21-18-17(19(23)22(3)20(18)24)14-7-5-6-8-16(14)25-4/h5-11,21H,1-4H3. The monoisotopic (exact) mass is 336 g/mol. The minimum Gasteiger partial charge on any atom is -0.496 e. The molecule has 3 rings (SSSR count). The largest absolute Gasteiger partial charge is 0.496 e. The van der Waals surface area contributed by atoms with Crippen molar-refractivity contribution in [2.24, 2.45) is 0 Å². The van der Waals surface area contributed by atoms with Crippen molar-refractivity contribution in [2.45, 2.75) is 13.8 Å². The lowest BCUT2D eigenvalue weighted by atomic mass is 10.0. The number of methoxy groups -OCH3 is 1. The minimum absolute atomic E-state index is 0.269. The number of aryl methyl sites for hydroxylation is 2. The van der Waals surface area contributed by atoms with Crippen LogP contribution in [0.1, 0.15) is 16.7 Å². The van der Waals surface area contributed by atoms with E-state index in [9.17, 15) is 9.59 Å².